The van der Waals surface area contributed by atoms with Crippen LogP contribution in [0.4, 0.5) is 11.4 Å². The number of aliphatic imine (C=N–C) groups is 1. The smallest absolute Gasteiger partial charge is 0.336 e. The van der Waals surface area contributed by atoms with Crippen molar-refractivity contribution in [2.24, 2.45) is 10.1 Å². The van der Waals surface area contributed by atoms with E-state index in [1.165, 1.54) is 20.9 Å². The van der Waals surface area contributed by atoms with Crippen molar-refractivity contribution >= 4 is 97.6 Å². The Morgan fingerprint density at radius 3 is 2.60 bits per heavy atom. The molecule has 1 atom stereocenters. The maximum atomic E-state index is 13.7. The van der Waals surface area contributed by atoms with Crippen LogP contribution in [0.5, 0.6) is 11.6 Å². The normalized spacial score (nSPS) is 13.1. The van der Waals surface area contributed by atoms with E-state index in [4.69, 9.17) is 44.4 Å². The Morgan fingerprint density at radius 1 is 0.984 bits per heavy atom. The SMILES string of the molecule is O=C(CCn1cc(COc2ccc(N(C(=O)CCl)C(C(=O)NCCc3ccccc3)c3cccs3)cc2Cl)nn1)O/N=C1/C(c2c(O)[nH]c3ccccc23)=Nc2cc(Cl)ccc21. The standard InChI is InChI=1S/C44H35Cl3N8O6S/c45-23-37(56)55(42(36-11-6-20-62-36)44(59)48-18-16-26-7-2-1-3-8-26)29-13-15-35(32(47)22-29)60-25-28-24-54(53-51-28)19-17-38(57)61-52-40-31-14-12-27(46)21-34(31)49-41(40)39-30-9-4-5-10-33(30)50-43(39)58/h1-15,20-22,24,42,50,58H,16-19,23,25H2,(H,48,59)/b52-40+. The van der Waals surface area contributed by atoms with Crippen molar-refractivity contribution in [1.29, 1.82) is 0 Å². The first kappa shape index (κ1) is 42.2. The van der Waals surface area contributed by atoms with Gasteiger partial charge in [0.1, 0.15) is 41.4 Å². The van der Waals surface area contributed by atoms with Gasteiger partial charge in [0.05, 0.1) is 35.4 Å². The van der Waals surface area contributed by atoms with Crippen molar-refractivity contribution in [3.63, 3.8) is 0 Å². The molecule has 0 saturated carbocycles. The molecule has 314 valence electrons. The largest absolute Gasteiger partial charge is 0.494 e. The lowest BCUT2D eigenvalue weighted by atomic mass is 10.0. The zero-order valence-electron chi connectivity index (χ0n) is 32.5. The second kappa shape index (κ2) is 19.0. The van der Waals surface area contributed by atoms with Gasteiger partial charge in [0.15, 0.2) is 5.88 Å². The third-order valence-electron chi connectivity index (χ3n) is 9.79. The third kappa shape index (κ3) is 9.35. The van der Waals surface area contributed by atoms with Crippen LogP contribution >= 0.6 is 46.1 Å². The van der Waals surface area contributed by atoms with E-state index in [1.54, 1.807) is 48.7 Å². The molecule has 1 unspecified atom stereocenters. The summed E-state index contributed by atoms with van der Waals surface area (Å²) in [7, 11) is 0. The highest BCUT2D eigenvalue weighted by molar-refractivity contribution is 7.10. The molecule has 0 aliphatic carbocycles. The number of carbonyl (C=O) groups excluding carboxylic acids is 3. The summed E-state index contributed by atoms with van der Waals surface area (Å²) in [6, 6.07) is 29.6. The van der Waals surface area contributed by atoms with Crippen molar-refractivity contribution in [1.82, 2.24) is 25.3 Å². The van der Waals surface area contributed by atoms with Crippen molar-refractivity contribution in [3.8, 4) is 11.6 Å². The fourth-order valence-corrected chi connectivity index (χ4v) is 8.23. The van der Waals surface area contributed by atoms with Crippen molar-refractivity contribution in [2.75, 3.05) is 17.3 Å². The Hall–Kier alpha value is -6.52. The van der Waals surface area contributed by atoms with Crippen LogP contribution in [0.3, 0.4) is 0 Å². The number of alkyl halides is 1. The lowest BCUT2D eigenvalue weighted by molar-refractivity contribution is -0.144. The van der Waals surface area contributed by atoms with Crippen LogP contribution in [-0.2, 0) is 38.8 Å². The number of benzene rings is 4. The van der Waals surface area contributed by atoms with Crippen LogP contribution in [0.25, 0.3) is 10.9 Å². The molecule has 7 aromatic rings. The van der Waals surface area contributed by atoms with Crippen molar-refractivity contribution in [2.45, 2.75) is 32.0 Å². The van der Waals surface area contributed by atoms with Gasteiger partial charge in [0.2, 0.25) is 11.8 Å². The third-order valence-corrected chi connectivity index (χ3v) is 11.5. The average Bonchev–Trinajstić information content (AvgIpc) is 4.10. The number of aromatic amines is 1. The molecule has 1 aliphatic heterocycles. The first-order chi connectivity index (χ1) is 30.2. The minimum absolute atomic E-state index is 0.0185. The summed E-state index contributed by atoms with van der Waals surface area (Å²) in [6.45, 7) is 0.473. The maximum Gasteiger partial charge on any atom is 0.336 e. The lowest BCUT2D eigenvalue weighted by Crippen LogP contribution is -2.44. The summed E-state index contributed by atoms with van der Waals surface area (Å²) in [5.74, 6) is -1.67. The zero-order valence-corrected chi connectivity index (χ0v) is 35.6. The number of para-hydroxylation sites is 1. The van der Waals surface area contributed by atoms with Crippen LogP contribution in [0.15, 0.2) is 125 Å². The number of ether oxygens (including phenoxy) is 1. The Balaban J connectivity index is 0.898. The predicted octanol–water partition coefficient (Wildman–Crippen LogP) is 8.56. The molecule has 2 amide bonds. The first-order valence-corrected chi connectivity index (χ1v) is 21.3. The number of amides is 2. The van der Waals surface area contributed by atoms with Crippen LogP contribution in [0.2, 0.25) is 10.0 Å². The van der Waals surface area contributed by atoms with Gasteiger partial charge in [-0.1, -0.05) is 88.2 Å². The minimum Gasteiger partial charge on any atom is -0.494 e. The van der Waals surface area contributed by atoms with Crippen LogP contribution in [0.1, 0.15) is 39.7 Å². The van der Waals surface area contributed by atoms with Gasteiger partial charge in [-0.15, -0.1) is 28.0 Å². The van der Waals surface area contributed by atoms with Gasteiger partial charge in [-0.25, -0.2) is 9.79 Å². The van der Waals surface area contributed by atoms with Crippen LogP contribution < -0.4 is 15.0 Å². The van der Waals surface area contributed by atoms with E-state index < -0.39 is 17.9 Å². The molecule has 0 spiro atoms. The van der Waals surface area contributed by atoms with Crippen molar-refractivity contribution in [3.05, 3.63) is 152 Å². The van der Waals surface area contributed by atoms with E-state index in [0.717, 1.165) is 5.56 Å². The van der Waals surface area contributed by atoms with Gasteiger partial charge in [-0.2, -0.15) is 0 Å². The van der Waals surface area contributed by atoms with E-state index in [2.05, 4.69) is 30.8 Å². The molecule has 8 rings (SSSR count). The van der Waals surface area contributed by atoms with Gasteiger partial charge in [0, 0.05) is 38.6 Å². The Labute approximate surface area is 373 Å². The molecule has 0 fully saturated rings. The van der Waals surface area contributed by atoms with E-state index in [-0.39, 0.29) is 48.0 Å². The minimum atomic E-state index is -0.996. The zero-order chi connectivity index (χ0) is 43.2. The number of aryl methyl sites for hydroxylation is 1. The van der Waals surface area contributed by atoms with Gasteiger partial charge in [0.25, 0.3) is 0 Å². The molecule has 1 aliphatic rings. The maximum absolute atomic E-state index is 13.7. The monoisotopic (exact) mass is 908 g/mol. The molecule has 62 heavy (non-hydrogen) atoms. The molecule has 0 saturated heterocycles. The molecule has 4 heterocycles. The van der Waals surface area contributed by atoms with Gasteiger partial charge in [-0.05, 0) is 65.9 Å². The Kier molecular flexibility index (Phi) is 12.9. The van der Waals surface area contributed by atoms with E-state index in [9.17, 15) is 19.5 Å². The molecule has 0 bridgehead atoms. The number of nitrogens with one attached hydrogen (secondary N) is 2. The number of thiophene rings is 1. The number of hydrogen-bond donors (Lipinski definition) is 3. The summed E-state index contributed by atoms with van der Waals surface area (Å²) >= 11 is 20.4. The summed E-state index contributed by atoms with van der Waals surface area (Å²) in [5.41, 5.74) is 4.67. The highest BCUT2D eigenvalue weighted by Crippen LogP contribution is 2.38. The van der Waals surface area contributed by atoms with Gasteiger partial charge < -0.3 is 25.0 Å². The number of hydrogen-bond acceptors (Lipinski definition) is 11. The number of H-pyrrole nitrogens is 1. The van der Waals surface area contributed by atoms with Crippen LogP contribution in [0, 0.1) is 0 Å². The summed E-state index contributed by atoms with van der Waals surface area (Å²) < 4.78 is 7.43. The fraction of sp³-hybridized carbons (Fsp3) is 0.159. The molecule has 14 nitrogen and oxygen atoms in total. The highest BCUT2D eigenvalue weighted by Gasteiger charge is 2.34. The summed E-state index contributed by atoms with van der Waals surface area (Å²) in [4.78, 5) is 55.1. The molecule has 0 radical (unpaired) electrons. The van der Waals surface area contributed by atoms with E-state index in [1.807, 2.05) is 66.0 Å². The van der Waals surface area contributed by atoms with Gasteiger partial charge in [-0.3, -0.25) is 19.2 Å². The summed E-state index contributed by atoms with van der Waals surface area (Å²) in [5, 5.41) is 29.5. The molecular weight excluding hydrogens is 875 g/mol. The number of anilines is 1. The number of nitrogens with zero attached hydrogens (tertiary/aromatic N) is 6. The molecule has 18 heteroatoms. The molecule has 3 N–H and O–H groups in total. The second-order valence-electron chi connectivity index (χ2n) is 13.9. The fourth-order valence-electron chi connectivity index (χ4n) is 6.90. The lowest BCUT2D eigenvalue weighted by Gasteiger charge is -2.30. The number of halogens is 3. The first-order valence-electron chi connectivity index (χ1n) is 19.2. The predicted molar refractivity (Wildman–Crippen MR) is 239 cm³/mol. The highest BCUT2D eigenvalue weighted by atomic mass is 35.5. The Morgan fingerprint density at radius 2 is 1.81 bits per heavy atom. The van der Waals surface area contributed by atoms with Gasteiger partial charge >= 0.3 is 5.97 Å². The molecular formula is C44H35Cl3N8O6S. The number of aromatic hydroxyl groups is 1. The molecule has 4 aromatic carbocycles. The summed E-state index contributed by atoms with van der Waals surface area (Å²) in [6.07, 6.45) is 2.14. The topological polar surface area (TPSA) is 176 Å². The van der Waals surface area contributed by atoms with Crippen LogP contribution in [-0.4, -0.2) is 66.7 Å². The van der Waals surface area contributed by atoms with E-state index >= 15 is 0 Å². The number of oxime groups is 1. The number of fused-ring (bicyclic) bond motifs is 2. The number of rotatable bonds is 16. The van der Waals surface area contributed by atoms with E-state index in [0.29, 0.717) is 73.4 Å². The van der Waals surface area contributed by atoms with Crippen molar-refractivity contribution < 1.29 is 29.1 Å². The second-order valence-corrected chi connectivity index (χ2v) is 16.0. The quantitative estimate of drug-likeness (QED) is 0.0491. The Bertz CT molecular complexity index is 2830. The number of aromatic nitrogens is 4. The molecule has 3 aromatic heterocycles. The average molecular weight is 910 g/mol. The number of carbonyl (C=O) groups is 3.